The third-order valence-electron chi connectivity index (χ3n) is 3.71. The molecule has 1 amide bonds. The first-order valence-corrected chi connectivity index (χ1v) is 8.34. The Labute approximate surface area is 163 Å². The predicted octanol–water partition coefficient (Wildman–Crippen LogP) is 2.67. The third-order valence-corrected chi connectivity index (χ3v) is 3.71. The summed E-state index contributed by atoms with van der Waals surface area (Å²) in [6, 6.07) is 7.47. The van der Waals surface area contributed by atoms with Crippen molar-refractivity contribution in [1.82, 2.24) is 19.7 Å². The van der Waals surface area contributed by atoms with E-state index in [2.05, 4.69) is 25.1 Å². The number of carboxylic acid groups (broad SMARTS) is 1. The molecular weight excluding hydrogens is 388 g/mol. The maximum atomic E-state index is 12.3. The summed E-state index contributed by atoms with van der Waals surface area (Å²) < 4.78 is 30.1. The fourth-order valence-electron chi connectivity index (χ4n) is 2.37. The number of nitrogens with one attached hydrogen (secondary N) is 1. The van der Waals surface area contributed by atoms with Crippen LogP contribution in [0.25, 0.3) is 11.3 Å². The summed E-state index contributed by atoms with van der Waals surface area (Å²) in [4.78, 5) is 31.1. The van der Waals surface area contributed by atoms with Crippen molar-refractivity contribution in [3.05, 3.63) is 54.5 Å². The number of rotatable bonds is 8. The lowest BCUT2D eigenvalue weighted by molar-refractivity contribution is -0.137. The second kappa shape index (κ2) is 8.87. The lowest BCUT2D eigenvalue weighted by Gasteiger charge is -2.07. The number of halogens is 2. The fraction of sp³-hybridized carbons (Fsp3) is 0.167. The molecule has 2 aromatic heterocycles. The molecule has 2 N–H and O–H groups in total. The summed E-state index contributed by atoms with van der Waals surface area (Å²) in [6.45, 7) is -2.77. The van der Waals surface area contributed by atoms with Crippen LogP contribution in [0.5, 0.6) is 5.75 Å². The molecule has 0 radical (unpaired) electrons. The number of anilines is 1. The zero-order valence-corrected chi connectivity index (χ0v) is 14.8. The first-order valence-electron chi connectivity index (χ1n) is 8.34. The number of ether oxygens (including phenoxy) is 1. The third kappa shape index (κ3) is 5.54. The molecule has 0 atom stereocenters. The second-order valence-corrected chi connectivity index (χ2v) is 5.76. The largest absolute Gasteiger partial charge is 0.481 e. The average molecular weight is 403 g/mol. The Morgan fingerprint density at radius 1 is 1.21 bits per heavy atom. The standard InChI is InChI=1S/C18H15F2N5O4/c19-17(20)29-13-3-1-11(2-4-13)14-5-7-21-18(23-14)24-16(28)12-9-22-25(10-12)8-6-15(26)27/h1-5,7,9-10,17H,6,8H2,(H,26,27)(H,21,23,24,28). The quantitative estimate of drug-likeness (QED) is 0.593. The van der Waals surface area contributed by atoms with Crippen LogP contribution in [0.4, 0.5) is 14.7 Å². The fourth-order valence-corrected chi connectivity index (χ4v) is 2.37. The number of hydrogen-bond acceptors (Lipinski definition) is 6. The Bertz CT molecular complexity index is 1010. The molecule has 3 aromatic rings. The van der Waals surface area contributed by atoms with Crippen molar-refractivity contribution >= 4 is 17.8 Å². The van der Waals surface area contributed by atoms with Crippen molar-refractivity contribution in [1.29, 1.82) is 0 Å². The van der Waals surface area contributed by atoms with E-state index in [0.29, 0.717) is 11.3 Å². The molecule has 2 heterocycles. The highest BCUT2D eigenvalue weighted by Gasteiger charge is 2.12. The van der Waals surface area contributed by atoms with Crippen LogP contribution in [0.15, 0.2) is 48.9 Å². The molecule has 0 aliphatic heterocycles. The average Bonchev–Trinajstić information content (AvgIpc) is 3.16. The van der Waals surface area contributed by atoms with Crippen molar-refractivity contribution in [2.45, 2.75) is 19.6 Å². The smallest absolute Gasteiger partial charge is 0.387 e. The van der Waals surface area contributed by atoms with E-state index < -0.39 is 18.5 Å². The number of amides is 1. The molecule has 9 nitrogen and oxygen atoms in total. The molecule has 0 fully saturated rings. The monoisotopic (exact) mass is 403 g/mol. The van der Waals surface area contributed by atoms with E-state index >= 15 is 0 Å². The lowest BCUT2D eigenvalue weighted by Crippen LogP contribution is -2.14. The first kappa shape index (κ1) is 19.9. The molecular formula is C18H15F2N5O4. The Hall–Kier alpha value is -3.89. The number of aromatic nitrogens is 4. The van der Waals surface area contributed by atoms with Gasteiger partial charge in [-0.2, -0.15) is 13.9 Å². The van der Waals surface area contributed by atoms with Gasteiger partial charge in [0.25, 0.3) is 5.91 Å². The van der Waals surface area contributed by atoms with Crippen LogP contribution in [0, 0.1) is 0 Å². The Balaban J connectivity index is 1.68. The van der Waals surface area contributed by atoms with E-state index in [1.807, 2.05) is 0 Å². The molecule has 3 rings (SSSR count). The highest BCUT2D eigenvalue weighted by molar-refractivity contribution is 6.03. The van der Waals surface area contributed by atoms with Gasteiger partial charge in [0.05, 0.1) is 30.4 Å². The summed E-state index contributed by atoms with van der Waals surface area (Å²) in [5.41, 5.74) is 1.31. The molecule has 0 saturated heterocycles. The second-order valence-electron chi connectivity index (χ2n) is 5.76. The number of aryl methyl sites for hydroxylation is 1. The number of carboxylic acids is 1. The molecule has 150 valence electrons. The summed E-state index contributed by atoms with van der Waals surface area (Å²) in [5, 5.41) is 15.1. The van der Waals surface area contributed by atoms with Crippen LogP contribution in [0.3, 0.4) is 0 Å². The molecule has 0 saturated carbocycles. The van der Waals surface area contributed by atoms with Crippen molar-refractivity contribution in [2.75, 3.05) is 5.32 Å². The van der Waals surface area contributed by atoms with Crippen molar-refractivity contribution in [2.24, 2.45) is 0 Å². The minimum atomic E-state index is -2.91. The maximum Gasteiger partial charge on any atom is 0.387 e. The van der Waals surface area contributed by atoms with Gasteiger partial charge in [-0.1, -0.05) is 0 Å². The number of alkyl halides is 2. The van der Waals surface area contributed by atoms with Gasteiger partial charge in [0.1, 0.15) is 5.75 Å². The molecule has 0 aliphatic carbocycles. The topological polar surface area (TPSA) is 119 Å². The number of hydrogen-bond donors (Lipinski definition) is 2. The minimum Gasteiger partial charge on any atom is -0.481 e. The van der Waals surface area contributed by atoms with Gasteiger partial charge in [0, 0.05) is 18.0 Å². The summed E-state index contributed by atoms with van der Waals surface area (Å²) >= 11 is 0. The first-order chi connectivity index (χ1) is 13.9. The van der Waals surface area contributed by atoms with Gasteiger partial charge in [0.15, 0.2) is 0 Å². The lowest BCUT2D eigenvalue weighted by atomic mass is 10.1. The van der Waals surface area contributed by atoms with Crippen LogP contribution < -0.4 is 10.1 Å². The van der Waals surface area contributed by atoms with E-state index in [-0.39, 0.29) is 30.2 Å². The van der Waals surface area contributed by atoms with Gasteiger partial charge in [-0.05, 0) is 30.3 Å². The highest BCUT2D eigenvalue weighted by Crippen LogP contribution is 2.22. The van der Waals surface area contributed by atoms with Crippen LogP contribution in [0.1, 0.15) is 16.8 Å². The normalized spacial score (nSPS) is 10.7. The van der Waals surface area contributed by atoms with Gasteiger partial charge < -0.3 is 9.84 Å². The number of benzene rings is 1. The maximum absolute atomic E-state index is 12.3. The van der Waals surface area contributed by atoms with Gasteiger partial charge in [0.2, 0.25) is 5.95 Å². The van der Waals surface area contributed by atoms with E-state index in [0.717, 1.165) is 0 Å². The Morgan fingerprint density at radius 2 is 1.97 bits per heavy atom. The number of carbonyl (C=O) groups excluding carboxylic acids is 1. The number of nitrogens with zero attached hydrogens (tertiary/aromatic N) is 4. The van der Waals surface area contributed by atoms with Crippen molar-refractivity contribution < 1.29 is 28.2 Å². The van der Waals surface area contributed by atoms with E-state index in [1.165, 1.54) is 35.4 Å². The molecule has 0 bridgehead atoms. The van der Waals surface area contributed by atoms with Gasteiger partial charge in [-0.15, -0.1) is 0 Å². The van der Waals surface area contributed by atoms with E-state index in [9.17, 15) is 18.4 Å². The molecule has 1 aromatic carbocycles. The van der Waals surface area contributed by atoms with E-state index in [1.54, 1.807) is 18.2 Å². The molecule has 0 unspecified atom stereocenters. The van der Waals surface area contributed by atoms with Gasteiger partial charge in [-0.25, -0.2) is 9.97 Å². The minimum absolute atomic E-state index is 0.0197. The van der Waals surface area contributed by atoms with Crippen LogP contribution in [-0.4, -0.2) is 43.3 Å². The van der Waals surface area contributed by atoms with Crippen LogP contribution in [-0.2, 0) is 11.3 Å². The SMILES string of the molecule is O=C(O)CCn1cc(C(=O)Nc2nccc(-c3ccc(OC(F)F)cc3)n2)cn1. The molecule has 11 heteroatoms. The van der Waals surface area contributed by atoms with Crippen LogP contribution >= 0.6 is 0 Å². The number of carbonyl (C=O) groups is 2. The molecule has 29 heavy (non-hydrogen) atoms. The Kier molecular flexibility index (Phi) is 6.07. The summed E-state index contributed by atoms with van der Waals surface area (Å²) in [6.07, 6.45) is 4.06. The zero-order valence-electron chi connectivity index (χ0n) is 14.8. The zero-order chi connectivity index (χ0) is 20.8. The molecule has 0 aliphatic rings. The number of aliphatic carboxylic acids is 1. The van der Waals surface area contributed by atoms with Crippen LogP contribution in [0.2, 0.25) is 0 Å². The van der Waals surface area contributed by atoms with E-state index in [4.69, 9.17) is 5.11 Å². The highest BCUT2D eigenvalue weighted by atomic mass is 19.3. The Morgan fingerprint density at radius 3 is 2.66 bits per heavy atom. The molecule has 0 spiro atoms. The predicted molar refractivity (Wildman–Crippen MR) is 96.5 cm³/mol. The van der Waals surface area contributed by atoms with Crippen molar-refractivity contribution in [3.63, 3.8) is 0 Å². The van der Waals surface area contributed by atoms with Gasteiger partial charge >= 0.3 is 12.6 Å². The summed E-state index contributed by atoms with van der Waals surface area (Å²) in [7, 11) is 0. The van der Waals surface area contributed by atoms with Crippen molar-refractivity contribution in [3.8, 4) is 17.0 Å². The van der Waals surface area contributed by atoms with Gasteiger partial charge in [-0.3, -0.25) is 19.6 Å². The summed E-state index contributed by atoms with van der Waals surface area (Å²) in [5.74, 6) is -1.42.